The summed E-state index contributed by atoms with van der Waals surface area (Å²) in [6, 6.07) is 7.90. The Morgan fingerprint density at radius 3 is 2.27 bits per heavy atom. The highest BCUT2D eigenvalue weighted by Gasteiger charge is 2.37. The number of hydroxylamine groups is 2. The maximum Gasteiger partial charge on any atom is 0.330 e. The Balaban J connectivity index is 2.02. The van der Waals surface area contributed by atoms with E-state index in [4.69, 9.17) is 22.2 Å². The van der Waals surface area contributed by atoms with Crippen molar-refractivity contribution >= 4 is 17.6 Å². The predicted octanol–water partition coefficient (Wildman–Crippen LogP) is 3.14. The Kier molecular flexibility index (Phi) is 5.15. The number of nitrogens with two attached hydrogens (primary N) is 1. The number of benzene rings is 1. The molecule has 1 aliphatic heterocycles. The number of carbonyl (C=O) groups excluding carboxylic acids is 1. The second-order valence-electron chi connectivity index (χ2n) is 7.05. The molecular weight excluding hydrogens is 300 g/mol. The van der Waals surface area contributed by atoms with E-state index in [1.807, 2.05) is 45.0 Å². The summed E-state index contributed by atoms with van der Waals surface area (Å²) in [5.74, 6) is -0.195. The average Bonchev–Trinajstić information content (AvgIpc) is 2.48. The highest BCUT2D eigenvalue weighted by atomic mass is 35.5. The first kappa shape index (κ1) is 17.3. The summed E-state index contributed by atoms with van der Waals surface area (Å²) in [5.41, 5.74) is 6.73. The molecule has 122 valence electrons. The number of carbonyl (C=O) groups is 1. The fourth-order valence-corrected chi connectivity index (χ4v) is 2.80. The molecule has 1 aromatic carbocycles. The second kappa shape index (κ2) is 6.57. The maximum absolute atomic E-state index is 12.0. The van der Waals surface area contributed by atoms with Crippen molar-refractivity contribution in [3.8, 4) is 0 Å². The van der Waals surface area contributed by atoms with Crippen LogP contribution < -0.4 is 5.73 Å². The molecule has 2 rings (SSSR count). The monoisotopic (exact) mass is 324 g/mol. The minimum atomic E-state index is -0.488. The van der Waals surface area contributed by atoms with Crippen molar-refractivity contribution < 1.29 is 9.63 Å². The molecule has 0 radical (unpaired) electrons. The summed E-state index contributed by atoms with van der Waals surface area (Å²) in [6.07, 6.45) is 1.73. The van der Waals surface area contributed by atoms with Crippen molar-refractivity contribution in [2.75, 3.05) is 19.6 Å². The van der Waals surface area contributed by atoms with Crippen molar-refractivity contribution in [2.24, 2.45) is 11.1 Å². The molecule has 0 aliphatic carbocycles. The van der Waals surface area contributed by atoms with Crippen LogP contribution in [0.4, 0.5) is 0 Å². The van der Waals surface area contributed by atoms with Gasteiger partial charge >= 0.3 is 5.97 Å². The van der Waals surface area contributed by atoms with E-state index in [1.54, 1.807) is 5.06 Å². The van der Waals surface area contributed by atoms with Crippen LogP contribution in [0.1, 0.15) is 39.2 Å². The quantitative estimate of drug-likeness (QED) is 0.928. The van der Waals surface area contributed by atoms with Gasteiger partial charge in [-0.1, -0.05) is 23.7 Å². The first-order valence-corrected chi connectivity index (χ1v) is 8.08. The van der Waals surface area contributed by atoms with Gasteiger partial charge in [0.25, 0.3) is 0 Å². The van der Waals surface area contributed by atoms with E-state index < -0.39 is 5.41 Å². The molecule has 1 aliphatic rings. The molecule has 0 saturated carbocycles. The highest BCUT2D eigenvalue weighted by Crippen LogP contribution is 2.35. The van der Waals surface area contributed by atoms with E-state index in [0.717, 1.165) is 17.9 Å². The maximum atomic E-state index is 12.0. The lowest BCUT2D eigenvalue weighted by Gasteiger charge is -2.41. The molecule has 1 fully saturated rings. The third-order valence-electron chi connectivity index (χ3n) is 4.35. The SMILES string of the molecule is CC(C)(C)C(=O)ON1CCC(CN)(c2ccc(Cl)cc2)CC1. The van der Waals surface area contributed by atoms with Crippen molar-refractivity contribution in [1.82, 2.24) is 5.06 Å². The molecule has 2 N–H and O–H groups in total. The Labute approximate surface area is 137 Å². The lowest BCUT2D eigenvalue weighted by atomic mass is 9.73. The molecule has 22 heavy (non-hydrogen) atoms. The molecule has 0 aromatic heterocycles. The minimum Gasteiger partial charge on any atom is -0.367 e. The molecule has 0 atom stereocenters. The van der Waals surface area contributed by atoms with Gasteiger partial charge in [-0.3, -0.25) is 0 Å². The van der Waals surface area contributed by atoms with Crippen LogP contribution in [0.3, 0.4) is 0 Å². The normalized spacial score (nSPS) is 19.0. The van der Waals surface area contributed by atoms with Crippen LogP contribution in [0.2, 0.25) is 5.02 Å². The highest BCUT2D eigenvalue weighted by molar-refractivity contribution is 6.30. The molecule has 0 bridgehead atoms. The van der Waals surface area contributed by atoms with Crippen LogP contribution in [-0.2, 0) is 15.0 Å². The number of hydrogen-bond donors (Lipinski definition) is 1. The van der Waals surface area contributed by atoms with Gasteiger partial charge in [0, 0.05) is 30.1 Å². The van der Waals surface area contributed by atoms with E-state index in [9.17, 15) is 4.79 Å². The Morgan fingerprint density at radius 1 is 1.27 bits per heavy atom. The molecule has 0 spiro atoms. The first-order valence-electron chi connectivity index (χ1n) is 7.70. The van der Waals surface area contributed by atoms with Gasteiger partial charge in [0.1, 0.15) is 0 Å². The van der Waals surface area contributed by atoms with Crippen molar-refractivity contribution in [3.05, 3.63) is 34.9 Å². The zero-order valence-corrected chi connectivity index (χ0v) is 14.3. The number of piperidine rings is 1. The third kappa shape index (κ3) is 3.80. The van der Waals surface area contributed by atoms with E-state index in [-0.39, 0.29) is 11.4 Å². The summed E-state index contributed by atoms with van der Waals surface area (Å²) < 4.78 is 0. The minimum absolute atomic E-state index is 0.0603. The predicted molar refractivity (Wildman–Crippen MR) is 88.5 cm³/mol. The van der Waals surface area contributed by atoms with Crippen LogP contribution in [0, 0.1) is 5.41 Å². The van der Waals surface area contributed by atoms with Crippen molar-refractivity contribution in [1.29, 1.82) is 0 Å². The largest absolute Gasteiger partial charge is 0.367 e. The number of rotatable bonds is 3. The van der Waals surface area contributed by atoms with Gasteiger partial charge in [0.2, 0.25) is 0 Å². The van der Waals surface area contributed by atoms with Gasteiger partial charge in [-0.25, -0.2) is 4.79 Å². The van der Waals surface area contributed by atoms with Crippen LogP contribution in [0.15, 0.2) is 24.3 Å². The number of halogens is 1. The first-order chi connectivity index (χ1) is 10.3. The second-order valence-corrected chi connectivity index (χ2v) is 7.49. The Morgan fingerprint density at radius 2 is 1.82 bits per heavy atom. The van der Waals surface area contributed by atoms with E-state index in [0.29, 0.717) is 19.6 Å². The smallest absolute Gasteiger partial charge is 0.330 e. The third-order valence-corrected chi connectivity index (χ3v) is 4.60. The lowest BCUT2D eigenvalue weighted by Crippen LogP contribution is -2.48. The molecule has 0 unspecified atom stereocenters. The molecule has 1 saturated heterocycles. The van der Waals surface area contributed by atoms with Crippen molar-refractivity contribution in [3.63, 3.8) is 0 Å². The summed E-state index contributed by atoms with van der Waals surface area (Å²) in [6.45, 7) is 7.55. The van der Waals surface area contributed by atoms with Crippen LogP contribution in [0.25, 0.3) is 0 Å². The van der Waals surface area contributed by atoms with Crippen molar-refractivity contribution in [2.45, 2.75) is 39.0 Å². The topological polar surface area (TPSA) is 55.6 Å². The summed E-state index contributed by atoms with van der Waals surface area (Å²) in [5, 5.41) is 2.49. The van der Waals surface area contributed by atoms with Gasteiger partial charge in [-0.05, 0) is 51.3 Å². The molecular formula is C17H25ClN2O2. The Hall–Kier alpha value is -1.10. The summed E-state index contributed by atoms with van der Waals surface area (Å²) in [4.78, 5) is 17.4. The van der Waals surface area contributed by atoms with Gasteiger partial charge in [0.15, 0.2) is 0 Å². The fraction of sp³-hybridized carbons (Fsp3) is 0.588. The van der Waals surface area contributed by atoms with Gasteiger partial charge in [-0.15, -0.1) is 5.06 Å². The number of hydrogen-bond acceptors (Lipinski definition) is 4. The Bertz CT molecular complexity index is 514. The van der Waals surface area contributed by atoms with Crippen LogP contribution >= 0.6 is 11.6 Å². The summed E-state index contributed by atoms with van der Waals surface area (Å²) >= 11 is 5.97. The molecule has 1 aromatic rings. The lowest BCUT2D eigenvalue weighted by molar-refractivity contribution is -0.206. The zero-order chi connectivity index (χ0) is 16.4. The van der Waals surface area contributed by atoms with Gasteiger partial charge in [-0.2, -0.15) is 0 Å². The van der Waals surface area contributed by atoms with E-state index in [2.05, 4.69) is 0 Å². The molecule has 4 nitrogen and oxygen atoms in total. The summed E-state index contributed by atoms with van der Waals surface area (Å²) in [7, 11) is 0. The van der Waals surface area contributed by atoms with Crippen LogP contribution in [0.5, 0.6) is 0 Å². The molecule has 5 heteroatoms. The average molecular weight is 325 g/mol. The molecule has 1 heterocycles. The zero-order valence-electron chi connectivity index (χ0n) is 13.6. The van der Waals surface area contributed by atoms with E-state index >= 15 is 0 Å². The van der Waals surface area contributed by atoms with E-state index in [1.165, 1.54) is 5.56 Å². The number of nitrogens with zero attached hydrogens (tertiary/aromatic N) is 1. The van der Waals surface area contributed by atoms with Gasteiger partial charge < -0.3 is 10.6 Å². The molecule has 0 amide bonds. The van der Waals surface area contributed by atoms with Gasteiger partial charge in [0.05, 0.1) is 5.41 Å². The van der Waals surface area contributed by atoms with Crippen LogP contribution in [-0.4, -0.2) is 30.7 Å². The standard InChI is InChI=1S/C17H25ClN2O2/c1-16(2,3)15(21)22-20-10-8-17(12-19,9-11-20)13-4-6-14(18)7-5-13/h4-7H,8-12,19H2,1-3H3. The fourth-order valence-electron chi connectivity index (χ4n) is 2.67.